The van der Waals surface area contributed by atoms with Crippen molar-refractivity contribution in [2.45, 2.75) is 30.7 Å². The fourth-order valence-corrected chi connectivity index (χ4v) is 3.89. The van der Waals surface area contributed by atoms with Crippen molar-refractivity contribution >= 4 is 27.3 Å². The van der Waals surface area contributed by atoms with Gasteiger partial charge in [0.15, 0.2) is 21.5 Å². The summed E-state index contributed by atoms with van der Waals surface area (Å²) in [6.07, 6.45) is 3.38. The normalized spacial score (nSPS) is 12.5. The summed E-state index contributed by atoms with van der Waals surface area (Å²) in [5.74, 6) is 0.972. The molecule has 0 N–H and O–H groups in total. The van der Waals surface area contributed by atoms with Crippen molar-refractivity contribution in [2.75, 3.05) is 13.3 Å². The monoisotopic (exact) mass is 446 g/mol. The third-order valence-electron chi connectivity index (χ3n) is 5.01. The quantitative estimate of drug-likeness (QED) is 0.531. The molecule has 0 radical (unpaired) electrons. The van der Waals surface area contributed by atoms with Gasteiger partial charge in [0.2, 0.25) is 5.91 Å². The molecule has 3 rings (SSSR count). The van der Waals surface area contributed by atoms with Crippen molar-refractivity contribution < 1.29 is 17.6 Å². The Balaban J connectivity index is 1.61. The highest BCUT2D eigenvalue weighted by Gasteiger charge is 2.19. The zero-order valence-electron chi connectivity index (χ0n) is 17.0. The number of halogens is 1. The van der Waals surface area contributed by atoms with Gasteiger partial charge in [-0.15, -0.1) is 0 Å². The van der Waals surface area contributed by atoms with Crippen LogP contribution in [0, 0.1) is 0 Å². The number of amides is 1. The zero-order chi connectivity index (χ0) is 21.9. The van der Waals surface area contributed by atoms with Gasteiger partial charge < -0.3 is 9.32 Å². The Hall–Kier alpha value is -2.64. The second-order valence-corrected chi connectivity index (χ2v) is 9.54. The molecule has 0 saturated carbocycles. The van der Waals surface area contributed by atoms with E-state index in [9.17, 15) is 13.2 Å². The molecule has 0 spiro atoms. The molecular weight excluding hydrogens is 424 g/mol. The van der Waals surface area contributed by atoms with Gasteiger partial charge >= 0.3 is 0 Å². The van der Waals surface area contributed by atoms with Crippen LogP contribution in [-0.4, -0.2) is 37.5 Å². The summed E-state index contributed by atoms with van der Waals surface area (Å²) < 4.78 is 28.9. The number of benzene rings is 2. The van der Waals surface area contributed by atoms with Crippen molar-refractivity contribution in [3.8, 4) is 11.3 Å². The van der Waals surface area contributed by atoms with Crippen LogP contribution >= 0.6 is 11.6 Å². The Morgan fingerprint density at radius 1 is 1.17 bits per heavy atom. The minimum atomic E-state index is -3.25. The lowest BCUT2D eigenvalue weighted by Gasteiger charge is -2.25. The molecule has 0 aliphatic heterocycles. The largest absolute Gasteiger partial charge is 0.441 e. The SMILES string of the molecule is CC(c1ccc(S(C)(=O)=O)cc1)N(C)C(=O)CCc1ncc(-c2ccccc2Cl)o1. The molecule has 1 amide bonds. The van der Waals surface area contributed by atoms with Gasteiger partial charge in [-0.2, -0.15) is 0 Å². The Kier molecular flexibility index (Phi) is 6.63. The summed E-state index contributed by atoms with van der Waals surface area (Å²) in [4.78, 5) is 18.8. The molecule has 158 valence electrons. The number of aromatic nitrogens is 1. The van der Waals surface area contributed by atoms with Crippen LogP contribution in [0.25, 0.3) is 11.3 Å². The lowest BCUT2D eigenvalue weighted by Crippen LogP contribution is -2.29. The summed E-state index contributed by atoms with van der Waals surface area (Å²) in [7, 11) is -1.52. The van der Waals surface area contributed by atoms with Crippen LogP contribution in [0.5, 0.6) is 0 Å². The summed E-state index contributed by atoms with van der Waals surface area (Å²) >= 11 is 6.18. The first-order valence-corrected chi connectivity index (χ1v) is 11.7. The maximum absolute atomic E-state index is 12.6. The van der Waals surface area contributed by atoms with Crippen LogP contribution in [0.4, 0.5) is 0 Å². The Morgan fingerprint density at radius 2 is 1.83 bits per heavy atom. The van der Waals surface area contributed by atoms with E-state index in [1.165, 1.54) is 6.26 Å². The molecule has 0 saturated heterocycles. The third kappa shape index (κ3) is 5.09. The lowest BCUT2D eigenvalue weighted by atomic mass is 10.1. The molecule has 0 fully saturated rings. The van der Waals surface area contributed by atoms with Crippen molar-refractivity contribution in [1.82, 2.24) is 9.88 Å². The van der Waals surface area contributed by atoms with Crippen LogP contribution in [0.1, 0.15) is 30.8 Å². The standard InChI is InChI=1S/C22H23ClN2O4S/c1-15(16-8-10-17(11-9-16)30(3,27)28)25(2)22(26)13-12-21-24-14-20(29-21)18-6-4-5-7-19(18)23/h4-11,14-15H,12-13H2,1-3H3. The number of oxazole rings is 1. The molecule has 0 bridgehead atoms. The first-order chi connectivity index (χ1) is 14.2. The zero-order valence-corrected chi connectivity index (χ0v) is 18.6. The van der Waals surface area contributed by atoms with Gasteiger partial charge in [0.05, 0.1) is 22.2 Å². The fraction of sp³-hybridized carbons (Fsp3) is 0.273. The molecule has 8 heteroatoms. The maximum atomic E-state index is 12.6. The number of sulfone groups is 1. The summed E-state index contributed by atoms with van der Waals surface area (Å²) in [5.41, 5.74) is 1.61. The van der Waals surface area contributed by atoms with Crippen molar-refractivity contribution in [3.05, 3.63) is 71.2 Å². The van der Waals surface area contributed by atoms with Gasteiger partial charge in [0, 0.05) is 31.7 Å². The molecule has 6 nitrogen and oxygen atoms in total. The minimum absolute atomic E-state index is 0.0628. The number of rotatable bonds is 7. The average molecular weight is 447 g/mol. The first-order valence-electron chi connectivity index (χ1n) is 9.42. The average Bonchev–Trinajstić information content (AvgIpc) is 3.19. The van der Waals surface area contributed by atoms with Crippen LogP contribution < -0.4 is 0 Å². The first kappa shape index (κ1) is 22.1. The topological polar surface area (TPSA) is 80.5 Å². The number of aryl methyl sites for hydroxylation is 1. The number of carbonyl (C=O) groups is 1. The van der Waals surface area contributed by atoms with E-state index in [4.69, 9.17) is 16.0 Å². The van der Waals surface area contributed by atoms with E-state index in [0.717, 1.165) is 11.1 Å². The van der Waals surface area contributed by atoms with Gasteiger partial charge in [-0.25, -0.2) is 13.4 Å². The molecular formula is C22H23ClN2O4S. The second-order valence-electron chi connectivity index (χ2n) is 7.12. The van der Waals surface area contributed by atoms with Gasteiger partial charge in [0.1, 0.15) is 0 Å². The van der Waals surface area contributed by atoms with Gasteiger partial charge in [0.25, 0.3) is 0 Å². The van der Waals surface area contributed by atoms with Crippen molar-refractivity contribution in [1.29, 1.82) is 0 Å². The predicted octanol–water partition coefficient (Wildman–Crippen LogP) is 4.55. The Bertz CT molecular complexity index is 1140. The molecule has 30 heavy (non-hydrogen) atoms. The summed E-state index contributed by atoms with van der Waals surface area (Å²) in [6.45, 7) is 1.90. The number of hydrogen-bond donors (Lipinski definition) is 0. The number of carbonyl (C=O) groups excluding carboxylic acids is 1. The van der Waals surface area contributed by atoms with E-state index in [2.05, 4.69) is 4.98 Å². The highest BCUT2D eigenvalue weighted by molar-refractivity contribution is 7.90. The summed E-state index contributed by atoms with van der Waals surface area (Å²) in [5, 5.41) is 0.576. The third-order valence-corrected chi connectivity index (χ3v) is 6.47. The van der Waals surface area contributed by atoms with Gasteiger partial charge in [-0.3, -0.25) is 4.79 Å². The van der Waals surface area contributed by atoms with Crippen molar-refractivity contribution in [2.24, 2.45) is 0 Å². The summed E-state index contributed by atoms with van der Waals surface area (Å²) in [6, 6.07) is 13.7. The number of hydrogen-bond acceptors (Lipinski definition) is 5. The molecule has 1 unspecified atom stereocenters. The van der Waals surface area contributed by atoms with E-state index < -0.39 is 9.84 Å². The molecule has 1 heterocycles. The lowest BCUT2D eigenvalue weighted by molar-refractivity contribution is -0.131. The highest BCUT2D eigenvalue weighted by Crippen LogP contribution is 2.28. The molecule has 3 aromatic rings. The van der Waals surface area contributed by atoms with Gasteiger partial charge in [-0.1, -0.05) is 35.9 Å². The van der Waals surface area contributed by atoms with Crippen LogP contribution in [0.2, 0.25) is 5.02 Å². The number of nitrogens with zero attached hydrogens (tertiary/aromatic N) is 2. The van der Waals surface area contributed by atoms with E-state index in [-0.39, 0.29) is 23.3 Å². The van der Waals surface area contributed by atoms with E-state index >= 15 is 0 Å². The molecule has 0 aliphatic rings. The fourth-order valence-electron chi connectivity index (χ4n) is 3.03. The smallest absolute Gasteiger partial charge is 0.223 e. The Labute approximate surface area is 181 Å². The Morgan fingerprint density at radius 3 is 2.47 bits per heavy atom. The van der Waals surface area contributed by atoms with Crippen LogP contribution in [0.3, 0.4) is 0 Å². The molecule has 0 aliphatic carbocycles. The van der Waals surface area contributed by atoms with E-state index in [0.29, 0.717) is 23.1 Å². The predicted molar refractivity (Wildman–Crippen MR) is 116 cm³/mol. The van der Waals surface area contributed by atoms with Crippen LogP contribution in [-0.2, 0) is 21.1 Å². The van der Waals surface area contributed by atoms with Gasteiger partial charge in [-0.05, 0) is 36.8 Å². The molecule has 1 aromatic heterocycles. The minimum Gasteiger partial charge on any atom is -0.441 e. The van der Waals surface area contributed by atoms with Crippen molar-refractivity contribution in [3.63, 3.8) is 0 Å². The molecule has 1 atom stereocenters. The van der Waals surface area contributed by atoms with E-state index in [1.54, 1.807) is 48.5 Å². The van der Waals surface area contributed by atoms with E-state index in [1.807, 2.05) is 25.1 Å². The highest BCUT2D eigenvalue weighted by atomic mass is 35.5. The van der Waals surface area contributed by atoms with Crippen LogP contribution in [0.15, 0.2) is 64.0 Å². The maximum Gasteiger partial charge on any atom is 0.223 e. The molecule has 2 aromatic carbocycles. The second kappa shape index (κ2) is 9.02.